The van der Waals surface area contributed by atoms with Gasteiger partial charge in [0.2, 0.25) is 0 Å². The maximum atomic E-state index is 10.9. The smallest absolute Gasteiger partial charge is 0.327 e. The minimum absolute atomic E-state index is 0.216. The number of fused-ring (bicyclic) bond motifs is 2. The van der Waals surface area contributed by atoms with Gasteiger partial charge in [0.15, 0.2) is 5.71 Å². The lowest BCUT2D eigenvalue weighted by molar-refractivity contribution is -0.684. The summed E-state index contributed by atoms with van der Waals surface area (Å²) in [6, 6.07) is 12.4. The number of hydrogen-bond acceptors (Lipinski definition) is 4. The Morgan fingerprint density at radius 1 is 1.14 bits per heavy atom. The van der Waals surface area contributed by atoms with Crippen molar-refractivity contribution >= 4 is 28.5 Å². The predicted molar refractivity (Wildman–Crippen MR) is 140 cm³/mol. The van der Waals surface area contributed by atoms with E-state index in [1.807, 2.05) is 18.2 Å². The van der Waals surface area contributed by atoms with Crippen molar-refractivity contribution in [2.24, 2.45) is 4.99 Å². The number of aryl methyl sites for hydroxylation is 1. The number of benzene rings is 1. The van der Waals surface area contributed by atoms with E-state index in [9.17, 15) is 4.79 Å². The number of carboxylic acids is 1. The van der Waals surface area contributed by atoms with Crippen LogP contribution in [0.2, 0.25) is 0 Å². The zero-order valence-corrected chi connectivity index (χ0v) is 21.3. The molecule has 1 aromatic carbocycles. The number of carbonyl (C=O) groups is 1. The first-order chi connectivity index (χ1) is 16.8. The molecule has 1 aliphatic rings. The Balaban J connectivity index is 1.70. The fourth-order valence-corrected chi connectivity index (χ4v) is 4.64. The van der Waals surface area contributed by atoms with Crippen LogP contribution < -0.4 is 4.57 Å². The maximum Gasteiger partial charge on any atom is 0.327 e. The van der Waals surface area contributed by atoms with Crippen LogP contribution >= 0.6 is 0 Å². The summed E-state index contributed by atoms with van der Waals surface area (Å²) in [4.78, 5) is 18.2. The molecule has 6 nitrogen and oxygen atoms in total. The molecule has 3 aromatic rings. The molecule has 0 bridgehead atoms. The Morgan fingerprint density at radius 2 is 1.91 bits per heavy atom. The van der Waals surface area contributed by atoms with E-state index in [-0.39, 0.29) is 11.8 Å². The highest BCUT2D eigenvalue weighted by Crippen LogP contribution is 2.41. The van der Waals surface area contributed by atoms with Crippen LogP contribution in [-0.4, -0.2) is 34.8 Å². The zero-order chi connectivity index (χ0) is 25.0. The molecule has 0 atom stereocenters. The topological polar surface area (TPSA) is 69.9 Å². The maximum absolute atomic E-state index is 10.9. The summed E-state index contributed by atoms with van der Waals surface area (Å²) in [5, 5.41) is 10.0. The molecule has 3 heterocycles. The van der Waals surface area contributed by atoms with Crippen molar-refractivity contribution in [2.75, 3.05) is 13.1 Å². The highest BCUT2D eigenvalue weighted by molar-refractivity contribution is 6.07. The number of rotatable bonds is 11. The van der Waals surface area contributed by atoms with Crippen LogP contribution in [0.25, 0.3) is 22.3 Å². The lowest BCUT2D eigenvalue weighted by Crippen LogP contribution is -2.35. The highest BCUT2D eigenvalue weighted by atomic mass is 16.4. The molecule has 0 amide bonds. The minimum atomic E-state index is -0.735. The first-order valence-electron chi connectivity index (χ1n) is 12.6. The Morgan fingerprint density at radius 3 is 2.63 bits per heavy atom. The first-order valence-corrected chi connectivity index (χ1v) is 12.6. The number of unbranched alkanes of at least 4 members (excludes halogenated alkanes) is 2. The van der Waals surface area contributed by atoms with Crippen molar-refractivity contribution in [1.29, 1.82) is 0 Å². The number of allylic oxidation sites excluding steroid dienone is 1. The van der Waals surface area contributed by atoms with Gasteiger partial charge < -0.3 is 14.4 Å². The molecule has 0 unspecified atom stereocenters. The van der Waals surface area contributed by atoms with E-state index >= 15 is 0 Å². The number of pyridine rings is 1. The van der Waals surface area contributed by atoms with Gasteiger partial charge in [0.25, 0.3) is 0 Å². The number of carboxylic acid groups (broad SMARTS) is 1. The van der Waals surface area contributed by atoms with Gasteiger partial charge >= 0.3 is 11.8 Å². The van der Waals surface area contributed by atoms with Gasteiger partial charge in [0.1, 0.15) is 17.5 Å². The Hall–Kier alpha value is -3.41. The van der Waals surface area contributed by atoms with Crippen molar-refractivity contribution in [3.63, 3.8) is 0 Å². The van der Waals surface area contributed by atoms with Crippen molar-refractivity contribution in [3.8, 4) is 11.3 Å². The van der Waals surface area contributed by atoms with Crippen LogP contribution in [0.3, 0.4) is 0 Å². The van der Waals surface area contributed by atoms with E-state index in [2.05, 4.69) is 73.8 Å². The van der Waals surface area contributed by atoms with Gasteiger partial charge in [-0.05, 0) is 70.1 Å². The molecule has 0 spiro atoms. The summed E-state index contributed by atoms with van der Waals surface area (Å²) < 4.78 is 8.43. The molecule has 0 fully saturated rings. The van der Waals surface area contributed by atoms with Crippen molar-refractivity contribution in [2.45, 2.75) is 65.3 Å². The number of nitrogens with zero attached hydrogens (tertiary/aromatic N) is 3. The van der Waals surface area contributed by atoms with Crippen LogP contribution in [0.15, 0.2) is 64.3 Å². The summed E-state index contributed by atoms with van der Waals surface area (Å²) in [5.41, 5.74) is 3.89. The number of aromatic nitrogens is 1. The Bertz CT molecular complexity index is 1230. The van der Waals surface area contributed by atoms with Gasteiger partial charge in [-0.2, -0.15) is 0 Å². The molecule has 35 heavy (non-hydrogen) atoms. The first kappa shape index (κ1) is 24.7. The summed E-state index contributed by atoms with van der Waals surface area (Å²) in [6.45, 7) is 11.5. The molecule has 6 heteroatoms. The van der Waals surface area contributed by atoms with Gasteiger partial charge in [-0.25, -0.2) is 4.57 Å². The average molecular weight is 475 g/mol. The summed E-state index contributed by atoms with van der Waals surface area (Å²) in [6.07, 6.45) is 9.08. The summed E-state index contributed by atoms with van der Waals surface area (Å²) in [5.74, 6) is 1.09. The largest absolute Gasteiger partial charge is 0.481 e. The van der Waals surface area contributed by atoms with Crippen molar-refractivity contribution < 1.29 is 18.9 Å². The molecule has 0 saturated carbocycles. The molecular formula is C29H36N3O3+. The molecule has 0 radical (unpaired) electrons. The number of aliphatic carboxylic acids is 1. The second-order valence-corrected chi connectivity index (χ2v) is 9.67. The lowest BCUT2D eigenvalue weighted by Gasteiger charge is -2.19. The molecule has 184 valence electrons. The number of para-hydroxylation sites is 1. The lowest BCUT2D eigenvalue weighted by atomic mass is 9.81. The van der Waals surface area contributed by atoms with Crippen LogP contribution in [0.5, 0.6) is 0 Å². The van der Waals surface area contributed by atoms with E-state index in [4.69, 9.17) is 14.5 Å². The SMILES string of the molecule is CCN(C=CC1=Nc2c(cc(-c3cc4ccccc4o3)c[n+]2CCCCCC(=O)O)C1(C)C)CC. The Labute approximate surface area is 207 Å². The summed E-state index contributed by atoms with van der Waals surface area (Å²) >= 11 is 0. The van der Waals surface area contributed by atoms with E-state index in [0.717, 1.165) is 66.3 Å². The number of aliphatic imine (C=N–C) groups is 1. The quantitative estimate of drug-likeness (QED) is 0.263. The fourth-order valence-electron chi connectivity index (χ4n) is 4.64. The number of furan rings is 1. The molecule has 1 N–H and O–H groups in total. The molecular weight excluding hydrogens is 438 g/mol. The van der Waals surface area contributed by atoms with E-state index < -0.39 is 5.97 Å². The van der Waals surface area contributed by atoms with E-state index in [1.165, 1.54) is 5.56 Å². The van der Waals surface area contributed by atoms with Gasteiger partial charge in [0.05, 0.1) is 23.1 Å². The molecule has 4 rings (SSSR count). The standard InChI is InChI=1S/C29H35N3O3/c1-5-31(6-2)17-15-26-29(3,4)23-18-22(25-19-21-12-9-10-13-24(21)35-25)20-32(28(23)30-26)16-11-7-8-14-27(33)34/h9-10,12-13,15,17-20H,5-8,11,14,16H2,1-4H3/p+1. The van der Waals surface area contributed by atoms with Crippen LogP contribution in [0, 0.1) is 0 Å². The third-order valence-corrected chi connectivity index (χ3v) is 6.90. The van der Waals surface area contributed by atoms with Gasteiger partial charge in [-0.15, -0.1) is 0 Å². The number of hydrogen-bond donors (Lipinski definition) is 1. The fraction of sp³-hybridized carbons (Fsp3) is 0.414. The second-order valence-electron chi connectivity index (χ2n) is 9.67. The van der Waals surface area contributed by atoms with Crippen LogP contribution in [-0.2, 0) is 16.8 Å². The predicted octanol–water partition coefficient (Wildman–Crippen LogP) is 6.25. The third-order valence-electron chi connectivity index (χ3n) is 6.90. The van der Waals surface area contributed by atoms with Crippen LogP contribution in [0.1, 0.15) is 58.9 Å². The van der Waals surface area contributed by atoms with E-state index in [1.54, 1.807) is 0 Å². The molecule has 1 aliphatic heterocycles. The third kappa shape index (κ3) is 5.31. The van der Waals surface area contributed by atoms with Gasteiger partial charge in [-0.3, -0.25) is 4.79 Å². The Kier molecular flexibility index (Phi) is 7.39. The monoisotopic (exact) mass is 474 g/mol. The summed E-state index contributed by atoms with van der Waals surface area (Å²) in [7, 11) is 0. The van der Waals surface area contributed by atoms with Gasteiger partial charge in [0, 0.05) is 37.2 Å². The van der Waals surface area contributed by atoms with Crippen molar-refractivity contribution in [3.05, 3.63) is 60.4 Å². The highest BCUT2D eigenvalue weighted by Gasteiger charge is 2.43. The molecule has 0 aliphatic carbocycles. The normalized spacial score (nSPS) is 14.5. The molecule has 2 aromatic heterocycles. The van der Waals surface area contributed by atoms with Crippen molar-refractivity contribution in [1.82, 2.24) is 4.90 Å². The van der Waals surface area contributed by atoms with Crippen LogP contribution in [0.4, 0.5) is 5.82 Å². The minimum Gasteiger partial charge on any atom is -0.481 e. The second kappa shape index (κ2) is 10.5. The zero-order valence-electron chi connectivity index (χ0n) is 21.3. The van der Waals surface area contributed by atoms with E-state index in [0.29, 0.717) is 6.42 Å². The molecule has 0 saturated heterocycles. The van der Waals surface area contributed by atoms with Gasteiger partial charge in [-0.1, -0.05) is 18.2 Å². The average Bonchev–Trinajstić information content (AvgIpc) is 3.38.